The van der Waals surface area contributed by atoms with Crippen molar-refractivity contribution >= 4 is 16.7 Å². The van der Waals surface area contributed by atoms with Crippen LogP contribution in [0.5, 0.6) is 0 Å². The summed E-state index contributed by atoms with van der Waals surface area (Å²) in [6.45, 7) is 1.76. The van der Waals surface area contributed by atoms with Crippen LogP contribution < -0.4 is 0 Å². The lowest BCUT2D eigenvalue weighted by molar-refractivity contribution is -0.142. The molecule has 0 heterocycles. The number of carbonyl (C=O) groups is 1. The van der Waals surface area contributed by atoms with E-state index in [-0.39, 0.29) is 12.4 Å². The summed E-state index contributed by atoms with van der Waals surface area (Å²) in [5.74, 6) is -0.739. The van der Waals surface area contributed by atoms with E-state index >= 15 is 0 Å². The van der Waals surface area contributed by atoms with Crippen LogP contribution in [-0.2, 0) is 15.1 Å². The van der Waals surface area contributed by atoms with Crippen LogP contribution in [0.25, 0.3) is 10.8 Å². The van der Waals surface area contributed by atoms with Gasteiger partial charge in [-0.15, -0.1) is 0 Å². The van der Waals surface area contributed by atoms with Crippen LogP contribution in [0.1, 0.15) is 30.4 Å². The first-order valence-corrected chi connectivity index (χ1v) is 8.36. The van der Waals surface area contributed by atoms with Crippen molar-refractivity contribution < 1.29 is 14.6 Å². The SMILES string of the molecule is COC(=O)CC(c1ccccc1)C(C)(O)c1ccc2ccccc2c1. The molecule has 0 aliphatic carbocycles. The molecule has 0 fully saturated rings. The summed E-state index contributed by atoms with van der Waals surface area (Å²) >= 11 is 0. The molecule has 0 aliphatic heterocycles. The Kier molecular flexibility index (Phi) is 4.86. The largest absolute Gasteiger partial charge is 0.469 e. The third kappa shape index (κ3) is 3.57. The highest BCUT2D eigenvalue weighted by atomic mass is 16.5. The molecule has 2 unspecified atom stereocenters. The van der Waals surface area contributed by atoms with Crippen molar-refractivity contribution in [2.45, 2.75) is 24.9 Å². The Morgan fingerprint density at radius 2 is 1.64 bits per heavy atom. The van der Waals surface area contributed by atoms with Crippen LogP contribution in [0.3, 0.4) is 0 Å². The molecule has 0 aromatic heterocycles. The number of ether oxygens (including phenoxy) is 1. The highest BCUT2D eigenvalue weighted by Gasteiger charge is 2.36. The summed E-state index contributed by atoms with van der Waals surface area (Å²) in [5, 5.41) is 13.6. The van der Waals surface area contributed by atoms with E-state index in [2.05, 4.69) is 0 Å². The van der Waals surface area contributed by atoms with Crippen molar-refractivity contribution in [3.63, 3.8) is 0 Å². The van der Waals surface area contributed by atoms with E-state index in [1.807, 2.05) is 72.8 Å². The highest BCUT2D eigenvalue weighted by Crippen LogP contribution is 2.40. The van der Waals surface area contributed by atoms with Crippen LogP contribution >= 0.6 is 0 Å². The Bertz CT molecular complexity index is 869. The van der Waals surface area contributed by atoms with Gasteiger partial charge in [0.2, 0.25) is 0 Å². The maximum Gasteiger partial charge on any atom is 0.306 e. The number of hydrogen-bond acceptors (Lipinski definition) is 3. The molecule has 3 aromatic rings. The quantitative estimate of drug-likeness (QED) is 0.704. The van der Waals surface area contributed by atoms with Crippen molar-refractivity contribution in [3.05, 3.63) is 83.9 Å². The standard InChI is InChI=1S/C22H22O3/c1-22(24,19-13-12-16-8-6-7-11-18(16)14-19)20(15-21(23)25-2)17-9-4-3-5-10-17/h3-14,20,24H,15H2,1-2H3. The van der Waals surface area contributed by atoms with Gasteiger partial charge < -0.3 is 9.84 Å². The van der Waals surface area contributed by atoms with Gasteiger partial charge in [0.15, 0.2) is 0 Å². The number of esters is 1. The van der Waals surface area contributed by atoms with Gasteiger partial charge in [-0.3, -0.25) is 4.79 Å². The Balaban J connectivity index is 2.06. The zero-order valence-electron chi connectivity index (χ0n) is 14.5. The van der Waals surface area contributed by atoms with E-state index < -0.39 is 11.5 Å². The molecular formula is C22H22O3. The van der Waals surface area contributed by atoms with Crippen molar-refractivity contribution in [2.75, 3.05) is 7.11 Å². The molecule has 0 saturated carbocycles. The van der Waals surface area contributed by atoms with Gasteiger partial charge in [0.25, 0.3) is 0 Å². The van der Waals surface area contributed by atoms with E-state index in [1.165, 1.54) is 7.11 Å². The van der Waals surface area contributed by atoms with Gasteiger partial charge in [-0.05, 0) is 34.9 Å². The van der Waals surface area contributed by atoms with Gasteiger partial charge in [-0.25, -0.2) is 0 Å². The summed E-state index contributed by atoms with van der Waals surface area (Å²) in [7, 11) is 1.37. The minimum absolute atomic E-state index is 0.111. The van der Waals surface area contributed by atoms with Crippen molar-refractivity contribution in [1.82, 2.24) is 0 Å². The summed E-state index contributed by atoms with van der Waals surface area (Å²) in [5.41, 5.74) is 0.481. The highest BCUT2D eigenvalue weighted by molar-refractivity contribution is 5.83. The third-order valence-electron chi connectivity index (χ3n) is 4.81. The Hall–Kier alpha value is -2.65. The summed E-state index contributed by atoms with van der Waals surface area (Å²) in [6.07, 6.45) is 0.111. The molecule has 1 N–H and O–H groups in total. The first kappa shape index (κ1) is 17.2. The fourth-order valence-electron chi connectivity index (χ4n) is 3.28. The summed E-state index contributed by atoms with van der Waals surface area (Å²) < 4.78 is 4.85. The predicted octanol–water partition coefficient (Wildman–Crippen LogP) is 4.39. The van der Waals surface area contributed by atoms with Gasteiger partial charge in [-0.2, -0.15) is 0 Å². The van der Waals surface area contributed by atoms with E-state index in [9.17, 15) is 9.90 Å². The molecule has 3 heteroatoms. The molecule has 0 saturated heterocycles. The summed E-state index contributed by atoms with van der Waals surface area (Å²) in [6, 6.07) is 23.6. The zero-order chi connectivity index (χ0) is 17.9. The van der Waals surface area contributed by atoms with Crippen LogP contribution in [0.4, 0.5) is 0 Å². The minimum atomic E-state index is -1.21. The van der Waals surface area contributed by atoms with Gasteiger partial charge >= 0.3 is 5.97 Å². The number of benzene rings is 3. The normalized spacial score (nSPS) is 14.7. The monoisotopic (exact) mass is 334 g/mol. The number of fused-ring (bicyclic) bond motifs is 1. The average Bonchev–Trinajstić information content (AvgIpc) is 2.66. The molecule has 0 amide bonds. The summed E-state index contributed by atoms with van der Waals surface area (Å²) in [4.78, 5) is 12.0. The number of rotatable bonds is 5. The molecule has 3 aromatic carbocycles. The van der Waals surface area contributed by atoms with Crippen molar-refractivity contribution in [1.29, 1.82) is 0 Å². The lowest BCUT2D eigenvalue weighted by Crippen LogP contribution is -2.32. The minimum Gasteiger partial charge on any atom is -0.469 e. The van der Waals surface area contributed by atoms with Crippen molar-refractivity contribution in [3.8, 4) is 0 Å². The Morgan fingerprint density at radius 1 is 1.00 bits per heavy atom. The average molecular weight is 334 g/mol. The second-order valence-electron chi connectivity index (χ2n) is 6.45. The molecule has 0 aliphatic rings. The third-order valence-corrected chi connectivity index (χ3v) is 4.81. The predicted molar refractivity (Wildman–Crippen MR) is 99.3 cm³/mol. The van der Waals surface area contributed by atoms with Crippen molar-refractivity contribution in [2.24, 2.45) is 0 Å². The van der Waals surface area contributed by atoms with E-state index in [4.69, 9.17) is 4.74 Å². The Labute approximate surface area is 147 Å². The molecule has 3 rings (SSSR count). The molecule has 0 bridgehead atoms. The number of hydrogen-bond donors (Lipinski definition) is 1. The van der Waals surface area contributed by atoms with Crippen LogP contribution in [0.15, 0.2) is 72.8 Å². The van der Waals surface area contributed by atoms with E-state index in [0.29, 0.717) is 0 Å². The lowest BCUT2D eigenvalue weighted by atomic mass is 9.76. The molecule has 25 heavy (non-hydrogen) atoms. The molecule has 128 valence electrons. The first-order chi connectivity index (χ1) is 12.0. The maximum atomic E-state index is 12.0. The van der Waals surface area contributed by atoms with Crippen LogP contribution in [0.2, 0.25) is 0 Å². The van der Waals surface area contributed by atoms with E-state index in [0.717, 1.165) is 21.9 Å². The van der Waals surface area contributed by atoms with Gasteiger partial charge in [0, 0.05) is 5.92 Å². The van der Waals surface area contributed by atoms with E-state index in [1.54, 1.807) is 6.92 Å². The first-order valence-electron chi connectivity index (χ1n) is 8.36. The molecule has 3 nitrogen and oxygen atoms in total. The van der Waals surface area contributed by atoms with Gasteiger partial charge in [0.1, 0.15) is 0 Å². The van der Waals surface area contributed by atoms with Crippen LogP contribution in [0, 0.1) is 0 Å². The number of methoxy groups -OCH3 is 1. The van der Waals surface area contributed by atoms with Gasteiger partial charge in [0.05, 0.1) is 19.1 Å². The smallest absolute Gasteiger partial charge is 0.306 e. The zero-order valence-corrected chi connectivity index (χ0v) is 14.5. The van der Waals surface area contributed by atoms with Crippen LogP contribution in [-0.4, -0.2) is 18.2 Å². The molecule has 0 radical (unpaired) electrons. The number of carbonyl (C=O) groups excluding carboxylic acids is 1. The Morgan fingerprint density at radius 3 is 2.32 bits per heavy atom. The molecule has 0 spiro atoms. The number of aliphatic hydroxyl groups is 1. The lowest BCUT2D eigenvalue weighted by Gasteiger charge is -2.33. The molecule has 2 atom stereocenters. The second kappa shape index (κ2) is 7.08. The topological polar surface area (TPSA) is 46.5 Å². The van der Waals surface area contributed by atoms with Gasteiger partial charge in [-0.1, -0.05) is 66.7 Å². The maximum absolute atomic E-state index is 12.0. The molecular weight excluding hydrogens is 312 g/mol. The fourth-order valence-corrected chi connectivity index (χ4v) is 3.28. The fraction of sp³-hybridized carbons (Fsp3) is 0.227. The second-order valence-corrected chi connectivity index (χ2v) is 6.45.